The Morgan fingerprint density at radius 3 is 2.27 bits per heavy atom. The van der Waals surface area contributed by atoms with Crippen LogP contribution in [-0.2, 0) is 18.3 Å². The Morgan fingerprint density at radius 1 is 1.12 bits per heavy atom. The van der Waals surface area contributed by atoms with Crippen molar-refractivity contribution in [2.75, 3.05) is 0 Å². The number of carbonyl (C=O) groups excluding carboxylic acids is 1. The van der Waals surface area contributed by atoms with Gasteiger partial charge in [0, 0.05) is 28.8 Å². The first-order valence-electron chi connectivity index (χ1n) is 7.86. The maximum absolute atomic E-state index is 13.4. The van der Waals surface area contributed by atoms with E-state index < -0.39 is 18.0 Å². The van der Waals surface area contributed by atoms with Gasteiger partial charge in [-0.25, -0.2) is 8.78 Å². The molecular weight excluding hydrogens is 360 g/mol. The predicted molar refractivity (Wildman–Crippen MR) is 96.9 cm³/mol. The molecule has 0 aliphatic rings. The fourth-order valence-electron chi connectivity index (χ4n) is 3.05. The fraction of sp³-hybridized carbons (Fsp3) is 0.158. The van der Waals surface area contributed by atoms with E-state index in [9.17, 15) is 13.6 Å². The first kappa shape index (κ1) is 18.1. The minimum absolute atomic E-state index is 0.134. The molecule has 2 aromatic carbocycles. The number of aryl methyl sites for hydroxylation is 1. The van der Waals surface area contributed by atoms with Crippen LogP contribution >= 0.6 is 11.6 Å². The summed E-state index contributed by atoms with van der Waals surface area (Å²) in [6.45, 7) is 0. The van der Waals surface area contributed by atoms with Crippen molar-refractivity contribution in [1.29, 1.82) is 0 Å². The van der Waals surface area contributed by atoms with Crippen molar-refractivity contribution in [1.82, 2.24) is 9.78 Å². The van der Waals surface area contributed by atoms with Crippen LogP contribution < -0.4 is 5.73 Å². The van der Waals surface area contributed by atoms with Crippen molar-refractivity contribution in [2.45, 2.75) is 12.8 Å². The third kappa shape index (κ3) is 3.32. The van der Waals surface area contributed by atoms with Crippen molar-refractivity contribution in [2.24, 2.45) is 12.8 Å². The van der Waals surface area contributed by atoms with Crippen molar-refractivity contribution in [3.63, 3.8) is 0 Å². The molecule has 1 heterocycles. The van der Waals surface area contributed by atoms with E-state index in [4.69, 9.17) is 17.3 Å². The maximum atomic E-state index is 13.4. The molecule has 0 saturated carbocycles. The van der Waals surface area contributed by atoms with E-state index in [1.807, 2.05) is 30.3 Å². The number of carbonyl (C=O) groups is 1. The van der Waals surface area contributed by atoms with E-state index in [0.29, 0.717) is 16.3 Å². The molecule has 134 valence electrons. The van der Waals surface area contributed by atoms with Gasteiger partial charge in [0.15, 0.2) is 0 Å². The number of amides is 1. The second-order valence-electron chi connectivity index (χ2n) is 5.81. The number of nitrogens with zero attached hydrogens (tertiary/aromatic N) is 2. The number of benzene rings is 2. The third-order valence-corrected chi connectivity index (χ3v) is 4.41. The summed E-state index contributed by atoms with van der Waals surface area (Å²) < 4.78 is 28.2. The normalized spacial score (nSPS) is 11.1. The molecule has 0 aliphatic heterocycles. The van der Waals surface area contributed by atoms with E-state index in [1.54, 1.807) is 25.2 Å². The second kappa shape index (κ2) is 7.25. The highest BCUT2D eigenvalue weighted by Gasteiger charge is 2.26. The Morgan fingerprint density at radius 2 is 1.69 bits per heavy atom. The van der Waals surface area contributed by atoms with Gasteiger partial charge in [-0.2, -0.15) is 5.10 Å². The van der Waals surface area contributed by atoms with E-state index in [1.165, 1.54) is 4.68 Å². The number of halogens is 3. The maximum Gasteiger partial charge on any atom is 0.282 e. The van der Waals surface area contributed by atoms with Gasteiger partial charge in [-0.1, -0.05) is 54.1 Å². The monoisotopic (exact) mass is 375 g/mol. The van der Waals surface area contributed by atoms with Gasteiger partial charge >= 0.3 is 0 Å². The molecule has 0 radical (unpaired) electrons. The molecule has 1 aromatic heterocycles. The van der Waals surface area contributed by atoms with E-state index in [0.717, 1.165) is 11.1 Å². The molecule has 2 N–H and O–H groups in total. The minimum atomic E-state index is -2.81. The number of hydrogen-bond acceptors (Lipinski definition) is 2. The average molecular weight is 376 g/mol. The molecule has 0 fully saturated rings. The van der Waals surface area contributed by atoms with Gasteiger partial charge in [0.05, 0.1) is 12.1 Å². The average Bonchev–Trinajstić information content (AvgIpc) is 2.91. The molecule has 0 spiro atoms. The lowest BCUT2D eigenvalue weighted by Crippen LogP contribution is -2.15. The van der Waals surface area contributed by atoms with E-state index in [-0.39, 0.29) is 12.0 Å². The predicted octanol–water partition coefficient (Wildman–Crippen LogP) is 4.37. The molecule has 26 heavy (non-hydrogen) atoms. The number of rotatable bonds is 5. The Kier molecular flexibility index (Phi) is 5.04. The van der Waals surface area contributed by atoms with Gasteiger partial charge in [0.2, 0.25) is 5.91 Å². The van der Waals surface area contributed by atoms with Gasteiger partial charge in [-0.05, 0) is 11.6 Å². The lowest BCUT2D eigenvalue weighted by atomic mass is 9.94. The zero-order valence-corrected chi connectivity index (χ0v) is 14.7. The third-order valence-electron chi connectivity index (χ3n) is 4.08. The SMILES string of the molecule is Cn1nc(C(F)F)c(CC(N)=O)c1-c1ccccc1-c1ccccc1Cl. The summed E-state index contributed by atoms with van der Waals surface area (Å²) in [5.41, 5.74) is 7.57. The van der Waals surface area contributed by atoms with Crippen LogP contribution in [0.3, 0.4) is 0 Å². The summed E-state index contributed by atoms with van der Waals surface area (Å²) in [5.74, 6) is -0.698. The molecule has 0 atom stereocenters. The quantitative estimate of drug-likeness (QED) is 0.719. The molecular formula is C19H16ClF2N3O. The standard InChI is InChI=1S/C19H16ClF2N3O/c1-25-18(14(10-16(23)26)17(24-25)19(21)22)13-8-3-2-6-11(13)12-7-4-5-9-15(12)20/h2-9,19H,10H2,1H3,(H2,23,26). The number of hydrogen-bond donors (Lipinski definition) is 1. The Labute approximate surface area is 154 Å². The Hall–Kier alpha value is -2.73. The molecule has 4 nitrogen and oxygen atoms in total. The number of primary amides is 1. The van der Waals surface area contributed by atoms with Crippen LogP contribution in [0.4, 0.5) is 8.78 Å². The summed E-state index contributed by atoms with van der Waals surface area (Å²) >= 11 is 6.32. The first-order valence-corrected chi connectivity index (χ1v) is 8.24. The molecule has 0 unspecified atom stereocenters. The van der Waals surface area contributed by atoms with Crippen LogP contribution in [0.5, 0.6) is 0 Å². The van der Waals surface area contributed by atoms with Gasteiger partial charge in [-0.3, -0.25) is 9.48 Å². The van der Waals surface area contributed by atoms with Crippen LogP contribution in [-0.4, -0.2) is 15.7 Å². The molecule has 3 rings (SSSR count). The lowest BCUT2D eigenvalue weighted by molar-refractivity contribution is -0.117. The molecule has 7 heteroatoms. The molecule has 0 saturated heterocycles. The molecule has 1 amide bonds. The second-order valence-corrected chi connectivity index (χ2v) is 6.21. The summed E-state index contributed by atoms with van der Waals surface area (Å²) in [6, 6.07) is 14.5. The minimum Gasteiger partial charge on any atom is -0.369 e. The zero-order chi connectivity index (χ0) is 18.8. The van der Waals surface area contributed by atoms with Gasteiger partial charge in [-0.15, -0.1) is 0 Å². The number of aromatic nitrogens is 2. The Balaban J connectivity index is 2.29. The van der Waals surface area contributed by atoms with Gasteiger partial charge in [0.1, 0.15) is 5.69 Å². The summed E-state index contributed by atoms with van der Waals surface area (Å²) in [4.78, 5) is 11.5. The zero-order valence-electron chi connectivity index (χ0n) is 13.9. The molecule has 0 aliphatic carbocycles. The summed E-state index contributed by atoms with van der Waals surface area (Å²) in [7, 11) is 1.56. The van der Waals surface area contributed by atoms with Gasteiger partial charge in [0.25, 0.3) is 6.43 Å². The highest BCUT2D eigenvalue weighted by molar-refractivity contribution is 6.33. The van der Waals surface area contributed by atoms with Crippen LogP contribution in [0.15, 0.2) is 48.5 Å². The van der Waals surface area contributed by atoms with Gasteiger partial charge < -0.3 is 5.73 Å². The largest absolute Gasteiger partial charge is 0.369 e. The van der Waals surface area contributed by atoms with Crippen molar-refractivity contribution in [3.8, 4) is 22.4 Å². The summed E-state index contributed by atoms with van der Waals surface area (Å²) in [5, 5.41) is 4.46. The van der Waals surface area contributed by atoms with Crippen LogP contribution in [0, 0.1) is 0 Å². The van der Waals surface area contributed by atoms with E-state index >= 15 is 0 Å². The lowest BCUT2D eigenvalue weighted by Gasteiger charge is -2.13. The van der Waals surface area contributed by atoms with E-state index in [2.05, 4.69) is 5.10 Å². The molecule has 0 bridgehead atoms. The smallest absolute Gasteiger partial charge is 0.282 e. The fourth-order valence-corrected chi connectivity index (χ4v) is 3.29. The summed E-state index contributed by atoms with van der Waals surface area (Å²) in [6.07, 6.45) is -3.13. The van der Waals surface area contributed by atoms with Crippen LogP contribution in [0.1, 0.15) is 17.7 Å². The number of alkyl halides is 2. The topological polar surface area (TPSA) is 60.9 Å². The first-order chi connectivity index (χ1) is 12.4. The Bertz CT molecular complexity index is 969. The van der Waals surface area contributed by atoms with Crippen molar-refractivity contribution >= 4 is 17.5 Å². The van der Waals surface area contributed by atoms with Crippen LogP contribution in [0.2, 0.25) is 5.02 Å². The van der Waals surface area contributed by atoms with Crippen LogP contribution in [0.25, 0.3) is 22.4 Å². The number of nitrogens with two attached hydrogens (primary N) is 1. The van der Waals surface area contributed by atoms with Crippen molar-refractivity contribution < 1.29 is 13.6 Å². The highest BCUT2D eigenvalue weighted by atomic mass is 35.5. The molecule has 3 aromatic rings. The van der Waals surface area contributed by atoms with Crippen molar-refractivity contribution in [3.05, 3.63) is 64.8 Å². The highest BCUT2D eigenvalue weighted by Crippen LogP contribution is 2.39.